The Morgan fingerprint density at radius 3 is 2.47 bits per heavy atom. The number of anilines is 2. The number of benzene rings is 2. The average Bonchev–Trinajstić information content (AvgIpc) is 3.17. The van der Waals surface area contributed by atoms with Crippen LogP contribution in [-0.4, -0.2) is 78.1 Å². The van der Waals surface area contributed by atoms with Gasteiger partial charge in [0.1, 0.15) is 35.9 Å². The summed E-state index contributed by atoms with van der Waals surface area (Å²) in [6.45, 7) is 2.09. The Balaban J connectivity index is 1.70. The van der Waals surface area contributed by atoms with Crippen molar-refractivity contribution in [3.05, 3.63) is 48.0 Å². The van der Waals surface area contributed by atoms with Crippen LogP contribution in [0.2, 0.25) is 0 Å². The summed E-state index contributed by atoms with van der Waals surface area (Å²) in [5, 5.41) is 3.91. The first-order valence-corrected chi connectivity index (χ1v) is 15.2. The fourth-order valence-electron chi connectivity index (χ4n) is 4.08. The van der Waals surface area contributed by atoms with E-state index in [4.69, 9.17) is 9.47 Å². The van der Waals surface area contributed by atoms with Crippen LogP contribution in [0.15, 0.2) is 41.0 Å². The minimum Gasteiger partial charge on any atom is -0.484 e. The maximum atomic E-state index is 14.2. The zero-order valence-electron chi connectivity index (χ0n) is 20.6. The third-order valence-corrected chi connectivity index (χ3v) is 7.56. The number of sulfonamides is 1. The molecule has 0 aliphatic carbocycles. The van der Waals surface area contributed by atoms with Crippen LogP contribution < -0.4 is 10.1 Å². The van der Waals surface area contributed by atoms with Gasteiger partial charge in [-0.05, 0) is 36.8 Å². The van der Waals surface area contributed by atoms with Gasteiger partial charge in [0.2, 0.25) is 10.0 Å². The van der Waals surface area contributed by atoms with E-state index in [0.717, 1.165) is 11.8 Å². The number of hydrogen-bond donors (Lipinski definition) is 1. The molecule has 194 valence electrons. The lowest BCUT2D eigenvalue weighted by Gasteiger charge is -2.21. The average molecular weight is 538 g/mol. The molecule has 2 aromatic carbocycles. The van der Waals surface area contributed by atoms with Crippen LogP contribution in [0.5, 0.6) is 5.75 Å². The summed E-state index contributed by atoms with van der Waals surface area (Å²) in [5.74, 6) is 0.132. The minimum absolute atomic E-state index is 0.0766. The molecular formula is C23H28FN5O5S2. The van der Waals surface area contributed by atoms with Gasteiger partial charge in [0.25, 0.3) is 0 Å². The van der Waals surface area contributed by atoms with Crippen molar-refractivity contribution in [2.75, 3.05) is 44.3 Å². The molecule has 0 unspecified atom stereocenters. The summed E-state index contributed by atoms with van der Waals surface area (Å²) < 4.78 is 67.4. The molecule has 0 spiro atoms. The Bertz CT molecular complexity index is 1530. The SMILES string of the molecule is CO[C@@H]1CN(S(C)(=O)=O)C[C@H]1Oc1cc(F)ccc1Nc1ncnc2cc(N=S(C)(C)=O)cc(C)c12. The monoisotopic (exact) mass is 537 g/mol. The molecule has 0 amide bonds. The highest BCUT2D eigenvalue weighted by molar-refractivity contribution is 7.92. The predicted molar refractivity (Wildman–Crippen MR) is 138 cm³/mol. The Hall–Kier alpha value is -2.87. The van der Waals surface area contributed by atoms with Gasteiger partial charge < -0.3 is 14.8 Å². The second kappa shape index (κ2) is 9.88. The molecule has 0 saturated carbocycles. The number of hydrogen-bond acceptors (Lipinski definition) is 9. The smallest absolute Gasteiger partial charge is 0.211 e. The van der Waals surface area contributed by atoms with E-state index in [2.05, 4.69) is 19.6 Å². The fraction of sp³-hybridized carbons (Fsp3) is 0.391. The van der Waals surface area contributed by atoms with E-state index in [0.29, 0.717) is 28.1 Å². The van der Waals surface area contributed by atoms with Gasteiger partial charge in [-0.15, -0.1) is 0 Å². The topological polar surface area (TPSA) is 123 Å². The lowest BCUT2D eigenvalue weighted by atomic mass is 10.1. The van der Waals surface area contributed by atoms with E-state index >= 15 is 0 Å². The van der Waals surface area contributed by atoms with Gasteiger partial charge >= 0.3 is 0 Å². The molecule has 0 radical (unpaired) electrons. The molecule has 1 aromatic heterocycles. The normalized spacial score (nSPS) is 18.9. The minimum atomic E-state index is -3.44. The molecule has 1 saturated heterocycles. The second-order valence-corrected chi connectivity index (χ2v) is 13.5. The summed E-state index contributed by atoms with van der Waals surface area (Å²) >= 11 is 0. The number of fused-ring (bicyclic) bond motifs is 1. The zero-order chi connectivity index (χ0) is 26.3. The molecule has 1 N–H and O–H groups in total. The van der Waals surface area contributed by atoms with Crippen LogP contribution in [0.4, 0.5) is 21.6 Å². The van der Waals surface area contributed by atoms with E-state index in [-0.39, 0.29) is 18.8 Å². The van der Waals surface area contributed by atoms with Crippen molar-refractivity contribution in [3.63, 3.8) is 0 Å². The second-order valence-electron chi connectivity index (χ2n) is 8.93. The predicted octanol–water partition coefficient (Wildman–Crippen LogP) is 3.22. The molecule has 0 bridgehead atoms. The van der Waals surface area contributed by atoms with Crippen LogP contribution >= 0.6 is 0 Å². The van der Waals surface area contributed by atoms with Crippen LogP contribution in [0.1, 0.15) is 5.56 Å². The van der Waals surface area contributed by atoms with Gasteiger partial charge in [-0.1, -0.05) is 0 Å². The lowest BCUT2D eigenvalue weighted by molar-refractivity contribution is 0.0346. The van der Waals surface area contributed by atoms with Gasteiger partial charge in [0, 0.05) is 47.3 Å². The number of rotatable bonds is 7. The number of nitrogens with zero attached hydrogens (tertiary/aromatic N) is 4. The fourth-order valence-corrected chi connectivity index (χ4v) is 5.53. The first kappa shape index (κ1) is 26.2. The van der Waals surface area contributed by atoms with Crippen molar-refractivity contribution in [2.45, 2.75) is 19.1 Å². The van der Waals surface area contributed by atoms with E-state index in [1.807, 2.05) is 6.92 Å². The van der Waals surface area contributed by atoms with Crippen LogP contribution in [-0.2, 0) is 24.5 Å². The molecule has 10 nitrogen and oxygen atoms in total. The Morgan fingerprint density at radius 1 is 1.08 bits per heavy atom. The van der Waals surface area contributed by atoms with Crippen molar-refractivity contribution in [1.29, 1.82) is 0 Å². The molecule has 2 atom stereocenters. The van der Waals surface area contributed by atoms with E-state index in [9.17, 15) is 17.0 Å². The summed E-state index contributed by atoms with van der Waals surface area (Å²) in [6, 6.07) is 7.56. The van der Waals surface area contributed by atoms with E-state index < -0.39 is 37.8 Å². The highest BCUT2D eigenvalue weighted by atomic mass is 32.2. The summed E-state index contributed by atoms with van der Waals surface area (Å²) in [5.41, 5.74) is 2.38. The third-order valence-electron chi connectivity index (χ3n) is 5.67. The van der Waals surface area contributed by atoms with Crippen LogP contribution in [0.25, 0.3) is 10.9 Å². The van der Waals surface area contributed by atoms with Crippen molar-refractivity contribution in [1.82, 2.24) is 14.3 Å². The Morgan fingerprint density at radius 2 is 1.81 bits per heavy atom. The Labute approximate surface area is 210 Å². The first-order valence-electron chi connectivity index (χ1n) is 11.0. The van der Waals surface area contributed by atoms with Gasteiger partial charge in [0.15, 0.2) is 0 Å². The zero-order valence-corrected chi connectivity index (χ0v) is 22.2. The number of aryl methyl sites for hydroxylation is 1. The molecule has 1 aliphatic rings. The van der Waals surface area contributed by atoms with Crippen LogP contribution in [0, 0.1) is 12.7 Å². The van der Waals surface area contributed by atoms with Crippen molar-refractivity contribution in [3.8, 4) is 5.75 Å². The molecule has 1 aliphatic heterocycles. The molecule has 13 heteroatoms. The number of nitrogens with one attached hydrogen (secondary N) is 1. The summed E-state index contributed by atoms with van der Waals surface area (Å²) in [4.78, 5) is 8.70. The quantitative estimate of drug-likeness (QED) is 0.487. The van der Waals surface area contributed by atoms with Crippen molar-refractivity contribution >= 4 is 47.8 Å². The van der Waals surface area contributed by atoms with Gasteiger partial charge in [0.05, 0.1) is 29.7 Å². The molecule has 2 heterocycles. The molecular weight excluding hydrogens is 509 g/mol. The van der Waals surface area contributed by atoms with Gasteiger partial charge in [-0.3, -0.25) is 0 Å². The van der Waals surface area contributed by atoms with Crippen molar-refractivity contribution in [2.24, 2.45) is 4.36 Å². The maximum absolute atomic E-state index is 14.2. The van der Waals surface area contributed by atoms with E-state index in [1.165, 1.54) is 35.9 Å². The Kier molecular flexibility index (Phi) is 7.19. The lowest BCUT2D eigenvalue weighted by Crippen LogP contribution is -2.32. The molecule has 1 fully saturated rings. The highest BCUT2D eigenvalue weighted by Crippen LogP contribution is 2.35. The number of ether oxygens (including phenoxy) is 2. The number of methoxy groups -OCH3 is 1. The first-order chi connectivity index (χ1) is 16.8. The van der Waals surface area contributed by atoms with Gasteiger partial charge in [-0.2, -0.15) is 8.67 Å². The number of aromatic nitrogens is 2. The highest BCUT2D eigenvalue weighted by Gasteiger charge is 2.39. The number of halogens is 1. The third kappa shape index (κ3) is 5.91. The van der Waals surface area contributed by atoms with Gasteiger partial charge in [-0.25, -0.2) is 27.0 Å². The molecule has 4 rings (SSSR count). The maximum Gasteiger partial charge on any atom is 0.211 e. The summed E-state index contributed by atoms with van der Waals surface area (Å²) in [7, 11) is -4.32. The van der Waals surface area contributed by atoms with E-state index in [1.54, 1.807) is 24.6 Å². The largest absolute Gasteiger partial charge is 0.484 e. The standard InChI is InChI=1S/C23H28FN5O5S2/c1-14-8-16(28-35(3,4)30)10-18-22(14)23(26-13-25-18)27-17-7-6-15(24)9-19(17)34-21-12-29(36(5,31)32)11-20(21)33-2/h6-10,13,20-21H,11-12H2,1-5H3,(H,25,26,27)/t20-,21-/m1/s1. The van der Waals surface area contributed by atoms with Crippen molar-refractivity contribution < 1.29 is 26.5 Å². The van der Waals surface area contributed by atoms with Crippen LogP contribution in [0.3, 0.4) is 0 Å². The molecule has 36 heavy (non-hydrogen) atoms. The molecule has 3 aromatic rings. The summed E-state index contributed by atoms with van der Waals surface area (Å²) in [6.07, 6.45) is 4.46.